The van der Waals surface area contributed by atoms with Crippen molar-refractivity contribution in [3.63, 3.8) is 0 Å². The van der Waals surface area contributed by atoms with Crippen molar-refractivity contribution in [2.75, 3.05) is 6.54 Å². The minimum absolute atomic E-state index is 0.00971. The lowest BCUT2D eigenvalue weighted by Crippen LogP contribution is -2.28. The highest BCUT2D eigenvalue weighted by atomic mass is 32.1. The van der Waals surface area contributed by atoms with Gasteiger partial charge in [-0.3, -0.25) is 4.79 Å². The van der Waals surface area contributed by atoms with Crippen molar-refractivity contribution in [2.24, 2.45) is 0 Å². The minimum atomic E-state index is -0.667. The number of hydrogen-bond donors (Lipinski definition) is 2. The molecule has 0 aliphatic carbocycles. The molecule has 0 saturated heterocycles. The topological polar surface area (TPSA) is 49.3 Å². The number of carbonyl (C=O) groups excluding carboxylic acids is 1. The Morgan fingerprint density at radius 3 is 2.67 bits per heavy atom. The van der Waals surface area contributed by atoms with Crippen molar-refractivity contribution in [1.82, 2.24) is 5.32 Å². The number of amides is 1. The first kappa shape index (κ1) is 16.7. The van der Waals surface area contributed by atoms with Crippen LogP contribution in [0.25, 0.3) is 10.1 Å². The Labute approximate surface area is 146 Å². The van der Waals surface area contributed by atoms with E-state index in [1.165, 1.54) is 5.56 Å². The second-order valence-corrected chi connectivity index (χ2v) is 6.76. The van der Waals surface area contributed by atoms with Gasteiger partial charge in [0, 0.05) is 23.2 Å². The van der Waals surface area contributed by atoms with Gasteiger partial charge in [-0.15, -0.1) is 11.3 Å². The molecule has 124 valence electrons. The lowest BCUT2D eigenvalue weighted by atomic mass is 10.1. The summed E-state index contributed by atoms with van der Waals surface area (Å²) in [5, 5.41) is 16.2. The van der Waals surface area contributed by atoms with E-state index in [-0.39, 0.29) is 12.5 Å². The molecule has 3 rings (SSSR count). The van der Waals surface area contributed by atoms with Crippen LogP contribution >= 0.6 is 11.3 Å². The highest BCUT2D eigenvalue weighted by molar-refractivity contribution is 7.17. The summed E-state index contributed by atoms with van der Waals surface area (Å²) in [5.41, 5.74) is 2.13. The number of thiophene rings is 1. The zero-order valence-electron chi connectivity index (χ0n) is 13.4. The summed E-state index contributed by atoms with van der Waals surface area (Å²) in [6, 6.07) is 18.2. The van der Waals surface area contributed by atoms with Crippen LogP contribution in [0.15, 0.2) is 60.0 Å². The van der Waals surface area contributed by atoms with Crippen LogP contribution in [0.3, 0.4) is 0 Å². The standard InChI is InChI=1S/C20H21NO2S/c22-18(17-14-24-19-11-5-4-10-16(17)19)13-21-20(23)12-6-9-15-7-2-1-3-8-15/h1-5,7-8,10-11,14,18,22H,6,9,12-13H2,(H,21,23). The molecule has 3 nitrogen and oxygen atoms in total. The van der Waals surface area contributed by atoms with Crippen molar-refractivity contribution in [3.8, 4) is 0 Å². The van der Waals surface area contributed by atoms with Gasteiger partial charge in [0.15, 0.2) is 0 Å². The summed E-state index contributed by atoms with van der Waals surface area (Å²) in [6.45, 7) is 0.255. The summed E-state index contributed by atoms with van der Waals surface area (Å²) >= 11 is 1.62. The number of nitrogens with one attached hydrogen (secondary N) is 1. The Morgan fingerprint density at radius 2 is 1.83 bits per heavy atom. The first-order chi connectivity index (χ1) is 11.7. The molecule has 2 N–H and O–H groups in total. The van der Waals surface area contributed by atoms with Crippen LogP contribution in [0.4, 0.5) is 0 Å². The Morgan fingerprint density at radius 1 is 1.08 bits per heavy atom. The zero-order valence-corrected chi connectivity index (χ0v) is 14.3. The second kappa shape index (κ2) is 8.08. The van der Waals surface area contributed by atoms with E-state index >= 15 is 0 Å². The minimum Gasteiger partial charge on any atom is -0.387 e. The van der Waals surface area contributed by atoms with Crippen molar-refractivity contribution >= 4 is 27.3 Å². The molecule has 0 radical (unpaired) electrons. The van der Waals surface area contributed by atoms with Crippen molar-refractivity contribution in [1.29, 1.82) is 0 Å². The Kier molecular flexibility index (Phi) is 5.62. The van der Waals surface area contributed by atoms with E-state index in [9.17, 15) is 9.90 Å². The van der Waals surface area contributed by atoms with Gasteiger partial charge in [-0.2, -0.15) is 0 Å². The quantitative estimate of drug-likeness (QED) is 0.681. The number of aliphatic hydroxyl groups excluding tert-OH is 1. The number of aryl methyl sites for hydroxylation is 1. The molecule has 2 aromatic carbocycles. The van der Waals surface area contributed by atoms with E-state index in [2.05, 4.69) is 17.4 Å². The molecule has 1 aromatic heterocycles. The van der Waals surface area contributed by atoms with Crippen LogP contribution in [0, 0.1) is 0 Å². The first-order valence-electron chi connectivity index (χ1n) is 8.19. The summed E-state index contributed by atoms with van der Waals surface area (Å²) in [5.74, 6) is -0.00971. The maximum absolute atomic E-state index is 12.0. The fourth-order valence-electron chi connectivity index (χ4n) is 2.76. The number of carbonyl (C=O) groups is 1. The third-order valence-electron chi connectivity index (χ3n) is 4.07. The fourth-order valence-corrected chi connectivity index (χ4v) is 3.77. The number of fused-ring (bicyclic) bond motifs is 1. The molecule has 4 heteroatoms. The normalized spacial score (nSPS) is 12.2. The van der Waals surface area contributed by atoms with Crippen molar-refractivity contribution in [3.05, 3.63) is 71.1 Å². The lowest BCUT2D eigenvalue weighted by Gasteiger charge is -2.11. The molecule has 0 spiro atoms. The predicted molar refractivity (Wildman–Crippen MR) is 99.2 cm³/mol. The Hall–Kier alpha value is -2.17. The molecular formula is C20H21NO2S. The molecule has 0 aliphatic heterocycles. The van der Waals surface area contributed by atoms with Crippen LogP contribution in [0.1, 0.15) is 30.1 Å². The molecule has 1 atom stereocenters. The van der Waals surface area contributed by atoms with Gasteiger partial charge < -0.3 is 10.4 Å². The van der Waals surface area contributed by atoms with Gasteiger partial charge in [0.1, 0.15) is 0 Å². The van der Waals surface area contributed by atoms with Crippen LogP contribution in [0.5, 0.6) is 0 Å². The van der Waals surface area contributed by atoms with Gasteiger partial charge in [0.25, 0.3) is 0 Å². The molecular weight excluding hydrogens is 318 g/mol. The smallest absolute Gasteiger partial charge is 0.220 e. The predicted octanol–water partition coefficient (Wildman–Crippen LogP) is 4.07. The van der Waals surface area contributed by atoms with E-state index in [1.54, 1.807) is 11.3 Å². The molecule has 1 unspecified atom stereocenters. The maximum Gasteiger partial charge on any atom is 0.220 e. The van der Waals surface area contributed by atoms with Crippen LogP contribution in [-0.2, 0) is 11.2 Å². The highest BCUT2D eigenvalue weighted by Crippen LogP contribution is 2.29. The van der Waals surface area contributed by atoms with Gasteiger partial charge in [0.2, 0.25) is 5.91 Å². The number of benzene rings is 2. The average Bonchev–Trinajstić information content (AvgIpc) is 3.05. The van der Waals surface area contributed by atoms with E-state index in [0.29, 0.717) is 6.42 Å². The summed E-state index contributed by atoms with van der Waals surface area (Å²) in [6.07, 6.45) is 1.52. The number of rotatable bonds is 7. The molecule has 0 fully saturated rings. The Bertz CT molecular complexity index is 798. The average molecular weight is 339 g/mol. The molecule has 1 heterocycles. The summed E-state index contributed by atoms with van der Waals surface area (Å²) in [4.78, 5) is 12.0. The van der Waals surface area contributed by atoms with E-state index < -0.39 is 6.10 Å². The second-order valence-electron chi connectivity index (χ2n) is 5.85. The molecule has 0 aliphatic rings. The SMILES string of the molecule is O=C(CCCc1ccccc1)NCC(O)c1csc2ccccc12. The van der Waals surface area contributed by atoms with E-state index in [4.69, 9.17) is 0 Å². The number of hydrogen-bond acceptors (Lipinski definition) is 3. The third-order valence-corrected chi connectivity index (χ3v) is 5.06. The molecule has 0 bridgehead atoms. The fraction of sp³-hybridized carbons (Fsp3) is 0.250. The van der Waals surface area contributed by atoms with Gasteiger partial charge in [-0.25, -0.2) is 0 Å². The van der Waals surface area contributed by atoms with Crippen LogP contribution in [0.2, 0.25) is 0 Å². The maximum atomic E-state index is 12.0. The number of aliphatic hydroxyl groups is 1. The van der Waals surface area contributed by atoms with E-state index in [1.807, 2.05) is 47.8 Å². The van der Waals surface area contributed by atoms with Crippen LogP contribution < -0.4 is 5.32 Å². The van der Waals surface area contributed by atoms with E-state index in [0.717, 1.165) is 28.5 Å². The van der Waals surface area contributed by atoms with Crippen molar-refractivity contribution < 1.29 is 9.90 Å². The lowest BCUT2D eigenvalue weighted by molar-refractivity contribution is -0.121. The zero-order chi connectivity index (χ0) is 16.8. The molecule has 24 heavy (non-hydrogen) atoms. The highest BCUT2D eigenvalue weighted by Gasteiger charge is 2.14. The molecule has 0 saturated carbocycles. The summed E-state index contributed by atoms with van der Waals surface area (Å²) < 4.78 is 1.15. The molecule has 1 amide bonds. The van der Waals surface area contributed by atoms with Gasteiger partial charge in [0.05, 0.1) is 6.10 Å². The van der Waals surface area contributed by atoms with Crippen molar-refractivity contribution in [2.45, 2.75) is 25.4 Å². The largest absolute Gasteiger partial charge is 0.387 e. The van der Waals surface area contributed by atoms with Gasteiger partial charge in [-0.1, -0.05) is 48.5 Å². The third kappa shape index (κ3) is 4.22. The summed E-state index contributed by atoms with van der Waals surface area (Å²) in [7, 11) is 0. The van der Waals surface area contributed by atoms with Gasteiger partial charge in [-0.05, 0) is 35.2 Å². The Balaban J connectivity index is 1.45. The first-order valence-corrected chi connectivity index (χ1v) is 9.07. The molecule has 3 aromatic rings. The monoisotopic (exact) mass is 339 g/mol. The van der Waals surface area contributed by atoms with Crippen LogP contribution in [-0.4, -0.2) is 17.6 Å². The van der Waals surface area contributed by atoms with Gasteiger partial charge >= 0.3 is 0 Å².